The first-order valence-corrected chi connectivity index (χ1v) is 10.9. The van der Waals surface area contributed by atoms with Crippen molar-refractivity contribution in [1.29, 1.82) is 0 Å². The summed E-state index contributed by atoms with van der Waals surface area (Å²) >= 11 is 0. The molecule has 1 unspecified atom stereocenters. The topological polar surface area (TPSA) is 35.9 Å². The second kappa shape index (κ2) is 8.20. The van der Waals surface area contributed by atoms with Gasteiger partial charge in [0.05, 0.1) is 11.7 Å². The summed E-state index contributed by atoms with van der Waals surface area (Å²) < 4.78 is 6.60. The van der Waals surface area contributed by atoms with Gasteiger partial charge in [0.1, 0.15) is 6.23 Å². The van der Waals surface area contributed by atoms with Crippen LogP contribution in [-0.2, 0) is 4.74 Å². The molecule has 1 N–H and O–H groups in total. The molecule has 3 fully saturated rings. The Morgan fingerprint density at radius 3 is 2.48 bits per heavy atom. The maximum Gasteiger partial charge on any atom is 0.133 e. The molecule has 2 saturated heterocycles. The van der Waals surface area contributed by atoms with E-state index in [9.17, 15) is 5.11 Å². The van der Waals surface area contributed by atoms with Gasteiger partial charge in [-0.2, -0.15) is 0 Å². The zero-order chi connectivity index (χ0) is 18.9. The number of ether oxygens (including phenoxy) is 1. The molecule has 0 aromatic heterocycles. The predicted molar refractivity (Wildman–Crippen MR) is 108 cm³/mol. The van der Waals surface area contributed by atoms with E-state index in [1.54, 1.807) is 0 Å². The van der Waals surface area contributed by atoms with Crippen molar-refractivity contribution in [2.75, 3.05) is 32.7 Å². The van der Waals surface area contributed by atoms with Crippen molar-refractivity contribution in [3.05, 3.63) is 35.9 Å². The minimum atomic E-state index is -0.513. The molecule has 0 amide bonds. The van der Waals surface area contributed by atoms with Crippen molar-refractivity contribution in [3.8, 4) is 0 Å². The van der Waals surface area contributed by atoms with Crippen molar-refractivity contribution < 1.29 is 9.84 Å². The van der Waals surface area contributed by atoms with Gasteiger partial charge in [0, 0.05) is 13.1 Å². The molecule has 1 spiro atoms. The molecule has 1 aliphatic carbocycles. The highest BCUT2D eigenvalue weighted by Gasteiger charge is 2.52. The van der Waals surface area contributed by atoms with Crippen molar-refractivity contribution >= 4 is 0 Å². The third-order valence-electron chi connectivity index (χ3n) is 6.74. The quantitative estimate of drug-likeness (QED) is 0.826. The molecule has 2 heterocycles. The lowest BCUT2D eigenvalue weighted by Crippen LogP contribution is -2.54. The fourth-order valence-electron chi connectivity index (χ4n) is 4.73. The third-order valence-corrected chi connectivity index (χ3v) is 6.74. The molecule has 4 nitrogen and oxygen atoms in total. The first-order chi connectivity index (χ1) is 13.0. The fourth-order valence-corrected chi connectivity index (χ4v) is 4.73. The molecule has 1 aromatic carbocycles. The van der Waals surface area contributed by atoms with Crippen LogP contribution in [0.1, 0.15) is 57.7 Å². The Hall–Kier alpha value is -0.940. The summed E-state index contributed by atoms with van der Waals surface area (Å²) in [6.45, 7) is 9.98. The standard InChI is InChI=1S/C23H36N2O2/c1-18(2)8-13-24-14-9-19(10-15-24)21-16-25(17-23(27-21)11-12-23)22(26)20-6-4-3-5-7-20/h3-7,18-19,21-22,26H,8-17H2,1-2H3/t21-,22?/m1/s1. The van der Waals surface area contributed by atoms with Crippen molar-refractivity contribution in [1.82, 2.24) is 9.80 Å². The number of morpholine rings is 1. The van der Waals surface area contributed by atoms with E-state index in [0.717, 1.165) is 37.4 Å². The zero-order valence-corrected chi connectivity index (χ0v) is 17.0. The Bertz CT molecular complexity index is 594. The number of likely N-dealkylation sites (tertiary alicyclic amines) is 1. The van der Waals surface area contributed by atoms with Gasteiger partial charge >= 0.3 is 0 Å². The van der Waals surface area contributed by atoms with Crippen LogP contribution >= 0.6 is 0 Å². The average Bonchev–Trinajstić information content (AvgIpc) is 3.44. The van der Waals surface area contributed by atoms with Crippen LogP contribution in [0.25, 0.3) is 0 Å². The number of aliphatic hydroxyl groups is 1. The van der Waals surface area contributed by atoms with Gasteiger partial charge < -0.3 is 14.7 Å². The van der Waals surface area contributed by atoms with Crippen LogP contribution in [0.4, 0.5) is 0 Å². The molecule has 0 radical (unpaired) electrons. The number of aliphatic hydroxyl groups excluding tert-OH is 1. The summed E-state index contributed by atoms with van der Waals surface area (Å²) in [4.78, 5) is 4.89. The van der Waals surface area contributed by atoms with E-state index < -0.39 is 6.23 Å². The first-order valence-electron chi connectivity index (χ1n) is 10.9. The van der Waals surface area contributed by atoms with Gasteiger partial charge in [0.15, 0.2) is 0 Å². The first kappa shape index (κ1) is 19.4. The van der Waals surface area contributed by atoms with Crippen LogP contribution < -0.4 is 0 Å². The highest BCUT2D eigenvalue weighted by atomic mass is 16.5. The van der Waals surface area contributed by atoms with E-state index >= 15 is 0 Å². The van der Waals surface area contributed by atoms with Gasteiger partial charge in [0.2, 0.25) is 0 Å². The molecule has 1 aromatic rings. The number of hydrogen-bond acceptors (Lipinski definition) is 4. The van der Waals surface area contributed by atoms with Crippen LogP contribution in [-0.4, -0.2) is 59.3 Å². The molecule has 1 saturated carbocycles. The summed E-state index contributed by atoms with van der Waals surface area (Å²) in [6.07, 6.45) is 5.81. The summed E-state index contributed by atoms with van der Waals surface area (Å²) in [7, 11) is 0. The molecule has 4 rings (SSSR count). The van der Waals surface area contributed by atoms with E-state index in [-0.39, 0.29) is 11.7 Å². The Morgan fingerprint density at radius 2 is 1.85 bits per heavy atom. The van der Waals surface area contributed by atoms with Gasteiger partial charge in [0.25, 0.3) is 0 Å². The van der Waals surface area contributed by atoms with E-state index in [2.05, 4.69) is 23.6 Å². The average molecular weight is 373 g/mol. The van der Waals surface area contributed by atoms with Crippen molar-refractivity contribution in [3.63, 3.8) is 0 Å². The van der Waals surface area contributed by atoms with Gasteiger partial charge in [-0.25, -0.2) is 0 Å². The Labute approximate surface area is 164 Å². The Morgan fingerprint density at radius 1 is 1.15 bits per heavy atom. The maximum atomic E-state index is 10.9. The molecule has 2 atom stereocenters. The highest BCUT2D eigenvalue weighted by Crippen LogP contribution is 2.47. The minimum absolute atomic E-state index is 0.0213. The largest absolute Gasteiger partial charge is 0.374 e. The minimum Gasteiger partial charge on any atom is -0.374 e. The Balaban J connectivity index is 1.36. The lowest BCUT2D eigenvalue weighted by atomic mass is 9.89. The summed E-state index contributed by atoms with van der Waals surface area (Å²) in [5.74, 6) is 1.41. The van der Waals surface area contributed by atoms with Crippen LogP contribution in [0.15, 0.2) is 30.3 Å². The van der Waals surface area contributed by atoms with Crippen LogP contribution in [0.3, 0.4) is 0 Å². The zero-order valence-electron chi connectivity index (χ0n) is 17.0. The van der Waals surface area contributed by atoms with Crippen LogP contribution in [0, 0.1) is 11.8 Å². The number of hydrogen-bond donors (Lipinski definition) is 1. The molecule has 2 aliphatic heterocycles. The van der Waals surface area contributed by atoms with E-state index in [4.69, 9.17) is 4.74 Å². The molecule has 0 bridgehead atoms. The fraction of sp³-hybridized carbons (Fsp3) is 0.739. The monoisotopic (exact) mass is 372 g/mol. The molecule has 150 valence electrons. The number of rotatable bonds is 6. The smallest absolute Gasteiger partial charge is 0.133 e. The molecule has 27 heavy (non-hydrogen) atoms. The van der Waals surface area contributed by atoms with Crippen molar-refractivity contribution in [2.24, 2.45) is 11.8 Å². The normalized spacial score (nSPS) is 27.9. The van der Waals surface area contributed by atoms with Gasteiger partial charge in [-0.05, 0) is 69.1 Å². The summed E-state index contributed by atoms with van der Waals surface area (Å²) in [5, 5.41) is 10.9. The second-order valence-electron chi connectivity index (χ2n) is 9.41. The third kappa shape index (κ3) is 4.73. The van der Waals surface area contributed by atoms with Crippen molar-refractivity contribution in [2.45, 2.75) is 63.9 Å². The lowest BCUT2D eigenvalue weighted by Gasteiger charge is -2.45. The number of piperidine rings is 1. The molecular formula is C23H36N2O2. The van der Waals surface area contributed by atoms with Gasteiger partial charge in [-0.15, -0.1) is 0 Å². The van der Waals surface area contributed by atoms with E-state index in [1.807, 2.05) is 30.3 Å². The second-order valence-corrected chi connectivity index (χ2v) is 9.41. The maximum absolute atomic E-state index is 10.9. The van der Waals surface area contributed by atoms with Crippen LogP contribution in [0.5, 0.6) is 0 Å². The lowest BCUT2D eigenvalue weighted by molar-refractivity contribution is -0.165. The van der Waals surface area contributed by atoms with Crippen LogP contribution in [0.2, 0.25) is 0 Å². The van der Waals surface area contributed by atoms with Gasteiger partial charge in [-0.3, -0.25) is 4.90 Å². The number of nitrogens with zero attached hydrogens (tertiary/aromatic N) is 2. The predicted octanol–water partition coefficient (Wildman–Crippen LogP) is 3.67. The molecule has 3 aliphatic rings. The highest BCUT2D eigenvalue weighted by molar-refractivity contribution is 5.18. The molecule has 4 heteroatoms. The number of benzene rings is 1. The van der Waals surface area contributed by atoms with Gasteiger partial charge in [-0.1, -0.05) is 44.2 Å². The SMILES string of the molecule is CC(C)CCN1CCC([C@H]2CN(C(O)c3ccccc3)CC3(CC3)O2)CC1. The van der Waals surface area contributed by atoms with E-state index in [0.29, 0.717) is 5.92 Å². The Kier molecular flexibility index (Phi) is 5.89. The molecular weight excluding hydrogens is 336 g/mol. The summed E-state index contributed by atoms with van der Waals surface area (Å²) in [5.41, 5.74) is 1.02. The van der Waals surface area contributed by atoms with E-state index in [1.165, 1.54) is 38.9 Å². The summed E-state index contributed by atoms with van der Waals surface area (Å²) in [6, 6.07) is 10.1.